The molecule has 0 aromatic heterocycles. The number of benzene rings is 1. The minimum atomic E-state index is -0.799. The molecule has 0 amide bonds. The van der Waals surface area contributed by atoms with E-state index in [-0.39, 0.29) is 6.61 Å². The van der Waals surface area contributed by atoms with Crippen molar-refractivity contribution in [1.29, 1.82) is 0 Å². The van der Waals surface area contributed by atoms with Crippen molar-refractivity contribution in [2.75, 3.05) is 38.3 Å². The minimum Gasteiger partial charge on any atom is -0.480 e. The first-order chi connectivity index (χ1) is 10.1. The van der Waals surface area contributed by atoms with Crippen LogP contribution in [0.1, 0.15) is 17.5 Å². The first-order valence-electron chi connectivity index (χ1n) is 7.52. The van der Waals surface area contributed by atoms with Crippen molar-refractivity contribution in [3.05, 3.63) is 29.3 Å². The van der Waals surface area contributed by atoms with Gasteiger partial charge in [-0.25, -0.2) is 0 Å². The lowest BCUT2D eigenvalue weighted by Crippen LogP contribution is -2.49. The number of anilines is 1. The minimum absolute atomic E-state index is 0.281. The van der Waals surface area contributed by atoms with Gasteiger partial charge in [0.05, 0.1) is 13.2 Å². The lowest BCUT2D eigenvalue weighted by molar-refractivity contribution is -0.150. The second kappa shape index (κ2) is 6.03. The Bertz CT molecular complexity index is 532. The van der Waals surface area contributed by atoms with Gasteiger partial charge in [0.1, 0.15) is 6.04 Å². The van der Waals surface area contributed by atoms with Gasteiger partial charge in [-0.1, -0.05) is 12.1 Å². The first kappa shape index (κ1) is 14.4. The van der Waals surface area contributed by atoms with Crippen LogP contribution in [0, 0.1) is 0 Å². The molecule has 1 saturated heterocycles. The number of rotatable bonds is 3. The molecule has 0 saturated carbocycles. The molecular formula is C16H22N2O3. The van der Waals surface area contributed by atoms with Crippen molar-refractivity contribution in [3.8, 4) is 0 Å². The van der Waals surface area contributed by atoms with Crippen molar-refractivity contribution < 1.29 is 14.6 Å². The normalized spacial score (nSPS) is 22.9. The molecule has 0 spiro atoms. The Balaban J connectivity index is 1.76. The van der Waals surface area contributed by atoms with E-state index in [0.29, 0.717) is 19.7 Å². The molecule has 2 aliphatic heterocycles. The quantitative estimate of drug-likeness (QED) is 0.911. The van der Waals surface area contributed by atoms with Gasteiger partial charge in [-0.2, -0.15) is 0 Å². The average molecular weight is 290 g/mol. The summed E-state index contributed by atoms with van der Waals surface area (Å²) in [6, 6.07) is 5.99. The van der Waals surface area contributed by atoms with Gasteiger partial charge in [0.15, 0.2) is 0 Å². The van der Waals surface area contributed by atoms with Crippen LogP contribution in [0.15, 0.2) is 18.2 Å². The molecule has 2 heterocycles. The molecule has 0 radical (unpaired) electrons. The highest BCUT2D eigenvalue weighted by atomic mass is 16.5. The van der Waals surface area contributed by atoms with E-state index >= 15 is 0 Å². The molecule has 1 atom stereocenters. The zero-order valence-corrected chi connectivity index (χ0v) is 12.4. The molecule has 21 heavy (non-hydrogen) atoms. The standard InChI is InChI=1S/C16H22N2O3/c1-17-6-2-3-13-9-12(4-5-14(13)17)10-18-7-8-21-11-15(18)16(19)20/h4-5,9,15H,2-3,6-8,10-11H2,1H3,(H,19,20). The van der Waals surface area contributed by atoms with Gasteiger partial charge in [-0.15, -0.1) is 0 Å². The Morgan fingerprint density at radius 3 is 3.10 bits per heavy atom. The van der Waals surface area contributed by atoms with Crippen molar-refractivity contribution >= 4 is 11.7 Å². The van der Waals surface area contributed by atoms with Gasteiger partial charge in [0.25, 0.3) is 0 Å². The first-order valence-corrected chi connectivity index (χ1v) is 7.52. The Labute approximate surface area is 125 Å². The number of aryl methyl sites for hydroxylation is 1. The number of carbonyl (C=O) groups is 1. The number of hydrogen-bond acceptors (Lipinski definition) is 4. The van der Waals surface area contributed by atoms with E-state index in [1.54, 1.807) is 0 Å². The van der Waals surface area contributed by atoms with Gasteiger partial charge in [0.2, 0.25) is 0 Å². The molecule has 3 rings (SSSR count). The summed E-state index contributed by atoms with van der Waals surface area (Å²) >= 11 is 0. The zero-order valence-electron chi connectivity index (χ0n) is 12.4. The largest absolute Gasteiger partial charge is 0.480 e. The molecule has 5 heteroatoms. The van der Waals surface area contributed by atoms with E-state index in [9.17, 15) is 9.90 Å². The smallest absolute Gasteiger partial charge is 0.323 e. The molecule has 1 N–H and O–H groups in total. The van der Waals surface area contributed by atoms with Crippen LogP contribution in [0.3, 0.4) is 0 Å². The Kier molecular flexibility index (Phi) is 4.12. The fourth-order valence-corrected chi connectivity index (χ4v) is 3.23. The number of morpholine rings is 1. The van der Waals surface area contributed by atoms with Crippen LogP contribution in [0.4, 0.5) is 5.69 Å². The highest BCUT2D eigenvalue weighted by molar-refractivity contribution is 5.73. The third-order valence-corrected chi connectivity index (χ3v) is 4.40. The van der Waals surface area contributed by atoms with Crippen LogP contribution in [0.5, 0.6) is 0 Å². The predicted octanol–water partition coefficient (Wildman–Crippen LogP) is 1.35. The molecule has 0 bridgehead atoms. The summed E-state index contributed by atoms with van der Waals surface area (Å²) in [7, 11) is 2.13. The van der Waals surface area contributed by atoms with Crippen LogP contribution in [-0.4, -0.2) is 55.4 Å². The number of carboxylic acid groups (broad SMARTS) is 1. The molecule has 2 aliphatic rings. The van der Waals surface area contributed by atoms with E-state index in [1.807, 2.05) is 4.90 Å². The monoisotopic (exact) mass is 290 g/mol. The average Bonchev–Trinajstić information content (AvgIpc) is 2.48. The molecule has 5 nitrogen and oxygen atoms in total. The fourth-order valence-electron chi connectivity index (χ4n) is 3.23. The summed E-state index contributed by atoms with van der Waals surface area (Å²) in [6.07, 6.45) is 2.29. The summed E-state index contributed by atoms with van der Waals surface area (Å²) in [4.78, 5) is 15.6. The second-order valence-electron chi connectivity index (χ2n) is 5.89. The van der Waals surface area contributed by atoms with Crippen molar-refractivity contribution in [2.45, 2.75) is 25.4 Å². The number of ether oxygens (including phenoxy) is 1. The van der Waals surface area contributed by atoms with Crippen molar-refractivity contribution in [1.82, 2.24) is 4.90 Å². The van der Waals surface area contributed by atoms with Gasteiger partial charge in [-0.05, 0) is 30.0 Å². The maximum absolute atomic E-state index is 11.3. The van der Waals surface area contributed by atoms with Gasteiger partial charge >= 0.3 is 5.97 Å². The molecular weight excluding hydrogens is 268 g/mol. The van der Waals surface area contributed by atoms with E-state index < -0.39 is 12.0 Å². The van der Waals surface area contributed by atoms with E-state index in [1.165, 1.54) is 23.2 Å². The summed E-state index contributed by atoms with van der Waals surface area (Å²) in [5, 5.41) is 9.29. The Hall–Kier alpha value is -1.59. The van der Waals surface area contributed by atoms with E-state index in [2.05, 4.69) is 30.1 Å². The van der Waals surface area contributed by atoms with Crippen LogP contribution in [0.25, 0.3) is 0 Å². The summed E-state index contributed by atoms with van der Waals surface area (Å²) < 4.78 is 5.29. The molecule has 1 aromatic carbocycles. The van der Waals surface area contributed by atoms with Crippen LogP contribution < -0.4 is 4.90 Å². The maximum atomic E-state index is 11.3. The Morgan fingerprint density at radius 1 is 1.43 bits per heavy atom. The summed E-state index contributed by atoms with van der Waals surface area (Å²) in [5.74, 6) is -0.799. The number of aliphatic carboxylic acids is 1. The number of nitrogens with zero attached hydrogens (tertiary/aromatic N) is 2. The van der Waals surface area contributed by atoms with Crippen LogP contribution >= 0.6 is 0 Å². The topological polar surface area (TPSA) is 53.0 Å². The summed E-state index contributed by atoms with van der Waals surface area (Å²) in [5.41, 5.74) is 3.88. The van der Waals surface area contributed by atoms with Crippen LogP contribution in [-0.2, 0) is 22.5 Å². The van der Waals surface area contributed by atoms with Crippen LogP contribution in [0.2, 0.25) is 0 Å². The number of carboxylic acids is 1. The SMILES string of the molecule is CN1CCCc2cc(CN3CCOCC3C(=O)O)ccc21. The van der Waals surface area contributed by atoms with E-state index in [4.69, 9.17) is 4.74 Å². The molecule has 114 valence electrons. The molecule has 1 aromatic rings. The predicted molar refractivity (Wildman–Crippen MR) is 80.7 cm³/mol. The van der Waals surface area contributed by atoms with Gasteiger partial charge in [-0.3, -0.25) is 9.69 Å². The summed E-state index contributed by atoms with van der Waals surface area (Å²) in [6.45, 7) is 3.35. The fraction of sp³-hybridized carbons (Fsp3) is 0.562. The third kappa shape index (κ3) is 3.04. The zero-order chi connectivity index (χ0) is 14.8. The van der Waals surface area contributed by atoms with Crippen molar-refractivity contribution in [2.24, 2.45) is 0 Å². The lowest BCUT2D eigenvalue weighted by Gasteiger charge is -2.33. The maximum Gasteiger partial charge on any atom is 0.323 e. The van der Waals surface area contributed by atoms with Gasteiger partial charge < -0.3 is 14.7 Å². The van der Waals surface area contributed by atoms with E-state index in [0.717, 1.165) is 13.0 Å². The number of hydrogen-bond donors (Lipinski definition) is 1. The molecule has 1 fully saturated rings. The highest BCUT2D eigenvalue weighted by Gasteiger charge is 2.29. The van der Waals surface area contributed by atoms with Gasteiger partial charge in [0, 0.05) is 32.4 Å². The number of fused-ring (bicyclic) bond motifs is 1. The highest BCUT2D eigenvalue weighted by Crippen LogP contribution is 2.27. The molecule has 1 unspecified atom stereocenters. The lowest BCUT2D eigenvalue weighted by atomic mass is 9.99. The second-order valence-corrected chi connectivity index (χ2v) is 5.89. The molecule has 0 aliphatic carbocycles. The Morgan fingerprint density at radius 2 is 2.29 bits per heavy atom. The van der Waals surface area contributed by atoms with Crippen molar-refractivity contribution in [3.63, 3.8) is 0 Å². The third-order valence-electron chi connectivity index (χ3n) is 4.40.